The fourth-order valence-corrected chi connectivity index (χ4v) is 3.75. The SMILES string of the molecule is CC(C)(O)C#Cc1ccc(C(=O)N2CCN(CC=Cc3ccccc3)CC2)s1.Cl. The molecule has 2 heterocycles. The maximum Gasteiger partial charge on any atom is 0.264 e. The Bertz CT molecular complexity index is 883. The Kier molecular flexibility index (Phi) is 8.48. The molecular weight excluding hydrogens is 404 g/mol. The van der Waals surface area contributed by atoms with Gasteiger partial charge in [-0.3, -0.25) is 9.69 Å². The number of aliphatic hydroxyl groups is 1. The van der Waals surface area contributed by atoms with Crippen LogP contribution in [0.25, 0.3) is 6.08 Å². The Hall–Kier alpha value is -2.10. The van der Waals surface area contributed by atoms with Crippen LogP contribution in [0.5, 0.6) is 0 Å². The first-order valence-corrected chi connectivity index (χ1v) is 10.3. The van der Waals surface area contributed by atoms with Crippen LogP contribution in [-0.2, 0) is 0 Å². The number of benzene rings is 1. The third-order valence-corrected chi connectivity index (χ3v) is 5.43. The molecule has 1 fully saturated rings. The minimum atomic E-state index is -1.03. The Labute approximate surface area is 183 Å². The fourth-order valence-electron chi connectivity index (χ4n) is 2.93. The first-order valence-electron chi connectivity index (χ1n) is 9.49. The van der Waals surface area contributed by atoms with E-state index in [1.165, 1.54) is 16.9 Å². The van der Waals surface area contributed by atoms with Gasteiger partial charge in [0.25, 0.3) is 5.91 Å². The lowest BCUT2D eigenvalue weighted by atomic mass is 10.1. The molecule has 0 radical (unpaired) electrons. The number of thiophene rings is 1. The molecule has 1 N–H and O–H groups in total. The molecule has 4 nitrogen and oxygen atoms in total. The summed E-state index contributed by atoms with van der Waals surface area (Å²) in [6, 6.07) is 14.0. The van der Waals surface area contributed by atoms with Crippen LogP contribution < -0.4 is 0 Å². The number of amides is 1. The van der Waals surface area contributed by atoms with E-state index in [9.17, 15) is 9.90 Å². The van der Waals surface area contributed by atoms with Gasteiger partial charge in [-0.1, -0.05) is 54.3 Å². The van der Waals surface area contributed by atoms with Gasteiger partial charge in [-0.05, 0) is 31.5 Å². The molecule has 1 aromatic heterocycles. The van der Waals surface area contributed by atoms with Crippen molar-refractivity contribution >= 4 is 35.7 Å². The summed E-state index contributed by atoms with van der Waals surface area (Å²) in [5.74, 6) is 5.79. The summed E-state index contributed by atoms with van der Waals surface area (Å²) in [7, 11) is 0. The molecule has 1 saturated heterocycles. The van der Waals surface area contributed by atoms with Crippen LogP contribution >= 0.6 is 23.7 Å². The summed E-state index contributed by atoms with van der Waals surface area (Å²) in [6.07, 6.45) is 4.32. The fraction of sp³-hybridized carbons (Fsp3) is 0.348. The zero-order chi connectivity index (χ0) is 20.0. The van der Waals surface area contributed by atoms with Crippen molar-refractivity contribution in [2.75, 3.05) is 32.7 Å². The summed E-state index contributed by atoms with van der Waals surface area (Å²) in [5, 5.41) is 9.70. The maximum atomic E-state index is 12.7. The predicted molar refractivity (Wildman–Crippen MR) is 123 cm³/mol. The van der Waals surface area contributed by atoms with Gasteiger partial charge in [0.1, 0.15) is 5.60 Å². The number of hydrogen-bond donors (Lipinski definition) is 1. The van der Waals surface area contributed by atoms with Crippen LogP contribution in [0.15, 0.2) is 48.5 Å². The van der Waals surface area contributed by atoms with Crippen molar-refractivity contribution in [1.82, 2.24) is 9.80 Å². The van der Waals surface area contributed by atoms with E-state index < -0.39 is 5.60 Å². The van der Waals surface area contributed by atoms with Gasteiger partial charge in [-0.2, -0.15) is 0 Å². The summed E-state index contributed by atoms with van der Waals surface area (Å²) in [5.41, 5.74) is 0.178. The average molecular weight is 431 g/mol. The van der Waals surface area contributed by atoms with Gasteiger partial charge < -0.3 is 10.0 Å². The van der Waals surface area contributed by atoms with Crippen molar-refractivity contribution in [3.63, 3.8) is 0 Å². The molecule has 0 aliphatic carbocycles. The van der Waals surface area contributed by atoms with Gasteiger partial charge in [0.15, 0.2) is 0 Å². The first kappa shape index (κ1) is 23.2. The quantitative estimate of drug-likeness (QED) is 0.751. The lowest BCUT2D eigenvalue weighted by Gasteiger charge is -2.33. The number of hydrogen-bond acceptors (Lipinski definition) is 4. The molecule has 0 bridgehead atoms. The van der Waals surface area contributed by atoms with Crippen molar-refractivity contribution in [2.24, 2.45) is 0 Å². The van der Waals surface area contributed by atoms with Gasteiger partial charge in [-0.25, -0.2) is 0 Å². The third kappa shape index (κ3) is 7.34. The second kappa shape index (κ2) is 10.6. The number of rotatable bonds is 4. The normalized spacial score (nSPS) is 14.9. The highest BCUT2D eigenvalue weighted by Gasteiger charge is 2.22. The Balaban J connectivity index is 0.00000300. The summed E-state index contributed by atoms with van der Waals surface area (Å²) < 4.78 is 0. The average Bonchev–Trinajstić information content (AvgIpc) is 3.16. The summed E-state index contributed by atoms with van der Waals surface area (Å²) >= 11 is 1.39. The van der Waals surface area contributed by atoms with E-state index in [-0.39, 0.29) is 18.3 Å². The molecule has 29 heavy (non-hydrogen) atoms. The lowest BCUT2D eigenvalue weighted by molar-refractivity contribution is 0.0655. The molecule has 154 valence electrons. The van der Waals surface area contributed by atoms with Crippen molar-refractivity contribution < 1.29 is 9.90 Å². The van der Waals surface area contributed by atoms with E-state index in [2.05, 4.69) is 41.0 Å². The summed E-state index contributed by atoms with van der Waals surface area (Å²) in [4.78, 5) is 18.5. The maximum absolute atomic E-state index is 12.7. The number of nitrogens with zero attached hydrogens (tertiary/aromatic N) is 2. The molecule has 0 saturated carbocycles. The van der Waals surface area contributed by atoms with E-state index >= 15 is 0 Å². The van der Waals surface area contributed by atoms with Crippen LogP contribution in [0.1, 0.15) is 34.0 Å². The highest BCUT2D eigenvalue weighted by Crippen LogP contribution is 2.19. The van der Waals surface area contributed by atoms with Crippen LogP contribution in [0.2, 0.25) is 0 Å². The van der Waals surface area contributed by atoms with E-state index in [1.54, 1.807) is 13.8 Å². The Morgan fingerprint density at radius 3 is 2.48 bits per heavy atom. The number of halogens is 1. The molecule has 2 aromatic rings. The topological polar surface area (TPSA) is 43.8 Å². The van der Waals surface area contributed by atoms with Crippen molar-refractivity contribution in [1.29, 1.82) is 0 Å². The second-order valence-electron chi connectivity index (χ2n) is 7.38. The molecule has 3 rings (SSSR count). The smallest absolute Gasteiger partial charge is 0.264 e. The highest BCUT2D eigenvalue weighted by atomic mass is 35.5. The highest BCUT2D eigenvalue weighted by molar-refractivity contribution is 7.14. The van der Waals surface area contributed by atoms with Crippen LogP contribution in [0, 0.1) is 11.8 Å². The molecule has 1 aliphatic heterocycles. The van der Waals surface area contributed by atoms with Gasteiger partial charge in [0.05, 0.1) is 9.75 Å². The minimum absolute atomic E-state index is 0. The zero-order valence-corrected chi connectivity index (χ0v) is 18.4. The van der Waals surface area contributed by atoms with Crippen molar-refractivity contribution in [3.8, 4) is 11.8 Å². The van der Waals surface area contributed by atoms with Crippen LogP contribution in [0.3, 0.4) is 0 Å². The zero-order valence-electron chi connectivity index (χ0n) is 16.8. The van der Waals surface area contributed by atoms with Gasteiger partial charge >= 0.3 is 0 Å². The molecule has 0 atom stereocenters. The van der Waals surface area contributed by atoms with Gasteiger partial charge in [0.2, 0.25) is 0 Å². The van der Waals surface area contributed by atoms with E-state index in [4.69, 9.17) is 0 Å². The largest absolute Gasteiger partial charge is 0.378 e. The minimum Gasteiger partial charge on any atom is -0.378 e. The van der Waals surface area contributed by atoms with E-state index in [0.717, 1.165) is 37.6 Å². The Morgan fingerprint density at radius 1 is 1.14 bits per heavy atom. The standard InChI is InChI=1S/C23H26N2O2S.ClH/c1-23(2,27)13-12-20-10-11-21(28-20)22(26)25-17-15-24(16-18-25)14-6-9-19-7-4-3-5-8-19;/h3-11,27H,14-18H2,1-2H3;1H. The lowest BCUT2D eigenvalue weighted by Crippen LogP contribution is -2.48. The van der Waals surface area contributed by atoms with Gasteiger partial charge in [0, 0.05) is 32.7 Å². The predicted octanol–water partition coefficient (Wildman–Crippen LogP) is 3.76. The summed E-state index contributed by atoms with van der Waals surface area (Å²) in [6.45, 7) is 7.42. The first-order chi connectivity index (χ1) is 13.4. The van der Waals surface area contributed by atoms with Crippen molar-refractivity contribution in [3.05, 3.63) is 63.9 Å². The molecule has 1 amide bonds. The number of carbonyl (C=O) groups is 1. The molecule has 1 aromatic carbocycles. The molecule has 1 aliphatic rings. The number of carbonyl (C=O) groups excluding carboxylic acids is 1. The van der Waals surface area contributed by atoms with Gasteiger partial charge in [-0.15, -0.1) is 23.7 Å². The van der Waals surface area contributed by atoms with Crippen LogP contribution in [0.4, 0.5) is 0 Å². The second-order valence-corrected chi connectivity index (χ2v) is 8.46. The van der Waals surface area contributed by atoms with Crippen LogP contribution in [-0.4, -0.2) is 59.1 Å². The third-order valence-electron chi connectivity index (χ3n) is 4.44. The monoisotopic (exact) mass is 430 g/mol. The Morgan fingerprint density at radius 2 is 1.83 bits per heavy atom. The molecule has 6 heteroatoms. The number of piperazine rings is 1. The van der Waals surface area contributed by atoms with E-state index in [0.29, 0.717) is 4.88 Å². The molecule has 0 spiro atoms. The van der Waals surface area contributed by atoms with E-state index in [1.807, 2.05) is 35.2 Å². The molecule has 0 unspecified atom stereocenters. The van der Waals surface area contributed by atoms with Crippen molar-refractivity contribution in [2.45, 2.75) is 19.4 Å². The molecular formula is C23H27ClN2O2S.